The van der Waals surface area contributed by atoms with E-state index in [1.807, 2.05) is 6.07 Å². The minimum absolute atomic E-state index is 0.666. The molecule has 1 fully saturated rings. The SMILES string of the molecule is CCCN(CC1CC1)c1nc2ccccn2c1CCN. The number of anilines is 1. The van der Waals surface area contributed by atoms with E-state index in [1.54, 1.807) is 0 Å². The zero-order chi connectivity index (χ0) is 13.9. The molecule has 0 amide bonds. The van der Waals surface area contributed by atoms with Crippen molar-refractivity contribution in [2.45, 2.75) is 32.6 Å². The Kier molecular flexibility index (Phi) is 3.92. The molecule has 1 aliphatic carbocycles. The predicted molar refractivity (Wildman–Crippen MR) is 83.2 cm³/mol. The van der Waals surface area contributed by atoms with E-state index in [0.717, 1.165) is 43.3 Å². The summed E-state index contributed by atoms with van der Waals surface area (Å²) in [5.74, 6) is 2.02. The number of nitrogens with two attached hydrogens (primary N) is 1. The molecule has 0 atom stereocenters. The second-order valence-corrected chi connectivity index (χ2v) is 5.74. The minimum atomic E-state index is 0.666. The van der Waals surface area contributed by atoms with Crippen molar-refractivity contribution in [3.8, 4) is 0 Å². The van der Waals surface area contributed by atoms with E-state index < -0.39 is 0 Å². The molecule has 0 aliphatic heterocycles. The summed E-state index contributed by atoms with van der Waals surface area (Å²) >= 11 is 0. The Morgan fingerprint density at radius 1 is 1.40 bits per heavy atom. The van der Waals surface area contributed by atoms with Crippen molar-refractivity contribution in [2.24, 2.45) is 11.7 Å². The molecule has 2 heterocycles. The third kappa shape index (κ3) is 2.66. The van der Waals surface area contributed by atoms with Crippen LogP contribution in [0.1, 0.15) is 31.9 Å². The van der Waals surface area contributed by atoms with Gasteiger partial charge < -0.3 is 15.0 Å². The van der Waals surface area contributed by atoms with Crippen molar-refractivity contribution < 1.29 is 0 Å². The van der Waals surface area contributed by atoms with Gasteiger partial charge in [0.15, 0.2) is 5.82 Å². The lowest BCUT2D eigenvalue weighted by molar-refractivity contribution is 0.695. The molecule has 2 aromatic rings. The molecule has 0 aromatic carbocycles. The number of rotatable bonds is 7. The normalized spacial score (nSPS) is 14.9. The molecular weight excluding hydrogens is 248 g/mol. The third-order valence-electron chi connectivity index (χ3n) is 3.96. The molecule has 2 N–H and O–H groups in total. The molecule has 1 saturated carbocycles. The first kappa shape index (κ1) is 13.4. The van der Waals surface area contributed by atoms with Gasteiger partial charge in [-0.05, 0) is 43.9 Å². The monoisotopic (exact) mass is 272 g/mol. The van der Waals surface area contributed by atoms with Crippen LogP contribution in [-0.4, -0.2) is 29.0 Å². The van der Waals surface area contributed by atoms with Crippen molar-refractivity contribution in [3.05, 3.63) is 30.1 Å². The van der Waals surface area contributed by atoms with Gasteiger partial charge in [-0.3, -0.25) is 0 Å². The molecule has 0 radical (unpaired) electrons. The van der Waals surface area contributed by atoms with Crippen molar-refractivity contribution >= 4 is 11.5 Å². The summed E-state index contributed by atoms with van der Waals surface area (Å²) in [5.41, 5.74) is 8.10. The summed E-state index contributed by atoms with van der Waals surface area (Å²) in [4.78, 5) is 7.33. The molecular formula is C16H24N4. The van der Waals surface area contributed by atoms with Crippen LogP contribution >= 0.6 is 0 Å². The summed E-state index contributed by atoms with van der Waals surface area (Å²) in [7, 11) is 0. The van der Waals surface area contributed by atoms with E-state index >= 15 is 0 Å². The van der Waals surface area contributed by atoms with E-state index in [2.05, 4.69) is 34.6 Å². The van der Waals surface area contributed by atoms with Crippen LogP contribution in [-0.2, 0) is 6.42 Å². The Labute approximate surface area is 120 Å². The molecule has 20 heavy (non-hydrogen) atoms. The van der Waals surface area contributed by atoms with Crippen LogP contribution < -0.4 is 10.6 Å². The quantitative estimate of drug-likeness (QED) is 0.842. The van der Waals surface area contributed by atoms with Crippen LogP contribution in [0.5, 0.6) is 0 Å². The molecule has 3 rings (SSSR count). The lowest BCUT2D eigenvalue weighted by atomic mass is 10.2. The largest absolute Gasteiger partial charge is 0.355 e. The maximum atomic E-state index is 5.81. The van der Waals surface area contributed by atoms with E-state index in [0.29, 0.717) is 6.54 Å². The molecule has 1 aliphatic rings. The van der Waals surface area contributed by atoms with Crippen molar-refractivity contribution in [1.82, 2.24) is 9.38 Å². The fraction of sp³-hybridized carbons (Fsp3) is 0.562. The number of hydrogen-bond donors (Lipinski definition) is 1. The van der Waals surface area contributed by atoms with Crippen molar-refractivity contribution in [1.29, 1.82) is 0 Å². The minimum Gasteiger partial charge on any atom is -0.355 e. The van der Waals surface area contributed by atoms with E-state index in [1.165, 1.54) is 18.5 Å². The smallest absolute Gasteiger partial charge is 0.151 e. The molecule has 0 spiro atoms. The molecule has 4 heteroatoms. The lowest BCUT2D eigenvalue weighted by Gasteiger charge is -2.23. The maximum absolute atomic E-state index is 5.81. The fourth-order valence-corrected chi connectivity index (χ4v) is 2.82. The highest BCUT2D eigenvalue weighted by molar-refractivity contribution is 5.56. The first-order valence-electron chi connectivity index (χ1n) is 7.74. The van der Waals surface area contributed by atoms with E-state index in [-0.39, 0.29) is 0 Å². The zero-order valence-corrected chi connectivity index (χ0v) is 12.3. The molecule has 0 saturated heterocycles. The van der Waals surface area contributed by atoms with Gasteiger partial charge in [0, 0.05) is 25.7 Å². The number of nitrogens with zero attached hydrogens (tertiary/aromatic N) is 3. The van der Waals surface area contributed by atoms with Gasteiger partial charge in [-0.2, -0.15) is 0 Å². The van der Waals surface area contributed by atoms with Gasteiger partial charge in [-0.25, -0.2) is 4.98 Å². The average molecular weight is 272 g/mol. The van der Waals surface area contributed by atoms with Gasteiger partial charge in [0.2, 0.25) is 0 Å². The molecule has 108 valence electrons. The average Bonchev–Trinajstić information content (AvgIpc) is 3.20. The first-order valence-corrected chi connectivity index (χ1v) is 7.74. The number of hydrogen-bond acceptors (Lipinski definition) is 3. The second kappa shape index (κ2) is 5.83. The molecule has 4 nitrogen and oxygen atoms in total. The van der Waals surface area contributed by atoms with E-state index in [9.17, 15) is 0 Å². The summed E-state index contributed by atoms with van der Waals surface area (Å²) in [6.45, 7) is 5.13. The fourth-order valence-electron chi connectivity index (χ4n) is 2.82. The summed E-state index contributed by atoms with van der Waals surface area (Å²) in [5, 5.41) is 0. The van der Waals surface area contributed by atoms with Crippen LogP contribution in [0.25, 0.3) is 5.65 Å². The number of pyridine rings is 1. The topological polar surface area (TPSA) is 46.6 Å². The summed E-state index contributed by atoms with van der Waals surface area (Å²) in [6.07, 6.45) is 6.88. The van der Waals surface area contributed by atoms with Crippen molar-refractivity contribution in [2.75, 3.05) is 24.5 Å². The van der Waals surface area contributed by atoms with Crippen molar-refractivity contribution in [3.63, 3.8) is 0 Å². The Balaban J connectivity index is 1.99. The van der Waals surface area contributed by atoms with Gasteiger partial charge in [0.05, 0.1) is 5.69 Å². The lowest BCUT2D eigenvalue weighted by Crippen LogP contribution is -2.28. The highest BCUT2D eigenvalue weighted by atomic mass is 15.2. The standard InChI is InChI=1S/C16H24N4/c1-2-10-19(12-13-6-7-13)16-14(8-9-17)20-11-4-3-5-15(20)18-16/h3-5,11,13H,2,6-10,12,17H2,1H3. The summed E-state index contributed by atoms with van der Waals surface area (Å²) < 4.78 is 2.19. The van der Waals surface area contributed by atoms with Gasteiger partial charge >= 0.3 is 0 Å². The van der Waals surface area contributed by atoms with E-state index in [4.69, 9.17) is 10.7 Å². The third-order valence-corrected chi connectivity index (χ3v) is 3.96. The van der Waals surface area contributed by atoms with Gasteiger partial charge in [0.1, 0.15) is 5.65 Å². The van der Waals surface area contributed by atoms with Gasteiger partial charge in [-0.15, -0.1) is 0 Å². The Morgan fingerprint density at radius 2 is 2.25 bits per heavy atom. The molecule has 2 aromatic heterocycles. The second-order valence-electron chi connectivity index (χ2n) is 5.74. The molecule has 0 bridgehead atoms. The number of imidazole rings is 1. The van der Waals surface area contributed by atoms with Crippen LogP contribution in [0.3, 0.4) is 0 Å². The number of aromatic nitrogens is 2. The highest BCUT2D eigenvalue weighted by Crippen LogP contribution is 2.32. The van der Waals surface area contributed by atoms with Crippen LogP contribution in [0.2, 0.25) is 0 Å². The van der Waals surface area contributed by atoms with Crippen LogP contribution in [0, 0.1) is 5.92 Å². The zero-order valence-electron chi connectivity index (χ0n) is 12.3. The molecule has 0 unspecified atom stereocenters. The van der Waals surface area contributed by atoms with Gasteiger partial charge in [0.25, 0.3) is 0 Å². The highest BCUT2D eigenvalue weighted by Gasteiger charge is 2.26. The van der Waals surface area contributed by atoms with Gasteiger partial charge in [-0.1, -0.05) is 13.0 Å². The van der Waals surface area contributed by atoms with Crippen LogP contribution in [0.15, 0.2) is 24.4 Å². The first-order chi connectivity index (χ1) is 9.83. The Hall–Kier alpha value is -1.55. The van der Waals surface area contributed by atoms with Crippen LogP contribution in [0.4, 0.5) is 5.82 Å². The Morgan fingerprint density at radius 3 is 2.95 bits per heavy atom. The Bertz CT molecular complexity index is 571. The summed E-state index contributed by atoms with van der Waals surface area (Å²) in [6, 6.07) is 6.18. The maximum Gasteiger partial charge on any atom is 0.151 e. The number of fused-ring (bicyclic) bond motifs is 1. The predicted octanol–water partition coefficient (Wildman–Crippen LogP) is 2.46.